The summed E-state index contributed by atoms with van der Waals surface area (Å²) in [6, 6.07) is 11.0. The number of methoxy groups -OCH3 is 1. The zero-order valence-corrected chi connectivity index (χ0v) is 23.4. The number of aryl methyl sites for hydroxylation is 1. The largest absolute Gasteiger partial charge is 0.494 e. The molecule has 0 saturated carbocycles. The number of imidazole rings is 1. The summed E-state index contributed by atoms with van der Waals surface area (Å²) in [4.78, 5) is 40.9. The molecule has 2 heterocycles. The van der Waals surface area contributed by atoms with Crippen molar-refractivity contribution < 1.29 is 9.53 Å². The zero-order valence-electron chi connectivity index (χ0n) is 22.6. The predicted octanol–water partition coefficient (Wildman–Crippen LogP) is 3.71. The number of aromatic nitrogens is 4. The number of likely N-dealkylation sites (N-methyl/N-ethyl adjacent to an activating group) is 2. The van der Waals surface area contributed by atoms with Gasteiger partial charge in [-0.1, -0.05) is 12.6 Å². The van der Waals surface area contributed by atoms with Gasteiger partial charge in [0.1, 0.15) is 11.6 Å². The Morgan fingerprint density at radius 1 is 1.15 bits per heavy atom. The Balaban J connectivity index is 0.00000420. The molecule has 1 amide bonds. The van der Waals surface area contributed by atoms with Crippen LogP contribution in [0.25, 0.3) is 16.9 Å². The van der Waals surface area contributed by atoms with E-state index in [0.29, 0.717) is 28.5 Å². The molecule has 0 fully saturated rings. The van der Waals surface area contributed by atoms with Crippen LogP contribution >= 0.6 is 12.4 Å². The number of hydrogen-bond acceptors (Lipinski definition) is 8. The van der Waals surface area contributed by atoms with Crippen LogP contribution in [0.2, 0.25) is 0 Å². The Morgan fingerprint density at radius 3 is 2.62 bits per heavy atom. The van der Waals surface area contributed by atoms with Crippen molar-refractivity contribution in [2.24, 2.45) is 0 Å². The summed E-state index contributed by atoms with van der Waals surface area (Å²) >= 11 is 0. The Bertz CT molecular complexity index is 1550. The number of carbonyl (C=O) groups excluding carboxylic acids is 1. The quantitative estimate of drug-likeness (QED) is 0.255. The van der Waals surface area contributed by atoms with Gasteiger partial charge in [0.25, 0.3) is 0 Å². The minimum Gasteiger partial charge on any atom is -0.494 e. The molecule has 0 aliphatic carbocycles. The number of carbonyl (C=O) groups is 1. The van der Waals surface area contributed by atoms with Crippen molar-refractivity contribution in [1.29, 1.82) is 0 Å². The summed E-state index contributed by atoms with van der Waals surface area (Å²) in [6.45, 7) is 7.07. The lowest BCUT2D eigenvalue weighted by Gasteiger charge is -2.26. The molecule has 0 atom stereocenters. The van der Waals surface area contributed by atoms with Gasteiger partial charge in [0, 0.05) is 38.5 Å². The van der Waals surface area contributed by atoms with E-state index >= 15 is 0 Å². The lowest BCUT2D eigenvalue weighted by atomic mass is 10.2. The fourth-order valence-corrected chi connectivity index (χ4v) is 4.01. The molecule has 206 valence electrons. The molecule has 0 radical (unpaired) electrons. The van der Waals surface area contributed by atoms with Crippen LogP contribution in [-0.2, 0) is 4.79 Å². The topological polar surface area (TPSA) is 120 Å². The molecule has 11 nitrogen and oxygen atoms in total. The first-order valence-corrected chi connectivity index (χ1v) is 12.0. The first-order chi connectivity index (χ1) is 18.2. The molecule has 2 aromatic carbocycles. The molecule has 0 aliphatic heterocycles. The highest BCUT2D eigenvalue weighted by Gasteiger charge is 2.17. The van der Waals surface area contributed by atoms with E-state index < -0.39 is 0 Å². The van der Waals surface area contributed by atoms with Crippen LogP contribution in [0, 0.1) is 6.92 Å². The third-order valence-corrected chi connectivity index (χ3v) is 6.01. The van der Waals surface area contributed by atoms with Crippen LogP contribution < -0.4 is 26.0 Å². The van der Waals surface area contributed by atoms with Gasteiger partial charge < -0.3 is 30.2 Å². The average molecular weight is 553 g/mol. The van der Waals surface area contributed by atoms with Gasteiger partial charge in [-0.15, -0.1) is 12.4 Å². The van der Waals surface area contributed by atoms with E-state index in [0.717, 1.165) is 29.9 Å². The predicted molar refractivity (Wildman–Crippen MR) is 158 cm³/mol. The molecule has 0 bridgehead atoms. The van der Waals surface area contributed by atoms with Gasteiger partial charge in [-0.25, -0.2) is 14.3 Å². The standard InChI is InChI=1S/C27H32N8O3.ClH/c1-7-25(36)29-19-15-20(23(38-6)16-22(19)34(5)13-12-33(3)4)30-26-28-11-10-24(32-26)35-21-9-8-17(2)14-18(21)31-27(35)37;/h7-11,14-16H,1,12-13H2,2-6H3,(H,29,36)(H,31,37)(H,28,30,32);1H. The number of hydrogen-bond donors (Lipinski definition) is 3. The number of nitrogens with one attached hydrogen (secondary N) is 3. The highest BCUT2D eigenvalue weighted by Crippen LogP contribution is 2.38. The number of ether oxygens (including phenoxy) is 1. The number of fused-ring (bicyclic) bond motifs is 1. The minimum absolute atomic E-state index is 0. The molecule has 12 heteroatoms. The normalized spacial score (nSPS) is 10.7. The summed E-state index contributed by atoms with van der Waals surface area (Å²) in [7, 11) is 7.52. The van der Waals surface area contributed by atoms with Gasteiger partial charge in [0.05, 0.1) is 35.2 Å². The van der Waals surface area contributed by atoms with Crippen molar-refractivity contribution in [3.05, 3.63) is 71.3 Å². The van der Waals surface area contributed by atoms with Crippen LogP contribution in [0.5, 0.6) is 5.75 Å². The monoisotopic (exact) mass is 552 g/mol. The van der Waals surface area contributed by atoms with E-state index in [1.54, 1.807) is 25.4 Å². The van der Waals surface area contributed by atoms with Crippen molar-refractivity contribution in [2.45, 2.75) is 6.92 Å². The van der Waals surface area contributed by atoms with Crippen LogP contribution in [0.3, 0.4) is 0 Å². The highest BCUT2D eigenvalue weighted by atomic mass is 35.5. The SMILES string of the molecule is C=CC(=O)Nc1cc(Nc2nccc(-n3c(=O)[nH]c4cc(C)ccc43)n2)c(OC)cc1N(C)CCN(C)C.Cl. The third kappa shape index (κ3) is 6.57. The Morgan fingerprint density at radius 2 is 1.92 bits per heavy atom. The summed E-state index contributed by atoms with van der Waals surface area (Å²) in [5.74, 6) is 0.850. The molecule has 3 N–H and O–H groups in total. The van der Waals surface area contributed by atoms with Crippen LogP contribution in [0.1, 0.15) is 5.56 Å². The van der Waals surface area contributed by atoms with Gasteiger partial charge in [-0.2, -0.15) is 4.98 Å². The van der Waals surface area contributed by atoms with Crippen molar-refractivity contribution in [3.8, 4) is 11.6 Å². The number of nitrogens with zero attached hydrogens (tertiary/aromatic N) is 5. The molecule has 4 rings (SSSR count). The van der Waals surface area contributed by atoms with E-state index in [1.807, 2.05) is 57.2 Å². The molecule has 39 heavy (non-hydrogen) atoms. The first-order valence-electron chi connectivity index (χ1n) is 12.0. The smallest absolute Gasteiger partial charge is 0.332 e. The van der Waals surface area contributed by atoms with Crippen molar-refractivity contribution >= 4 is 52.4 Å². The van der Waals surface area contributed by atoms with E-state index in [9.17, 15) is 9.59 Å². The van der Waals surface area contributed by atoms with Crippen molar-refractivity contribution in [2.75, 3.05) is 56.9 Å². The minimum atomic E-state index is -0.337. The van der Waals surface area contributed by atoms with Gasteiger partial charge in [0.15, 0.2) is 0 Å². The summed E-state index contributed by atoms with van der Waals surface area (Å²) < 4.78 is 7.16. The van der Waals surface area contributed by atoms with E-state index in [1.165, 1.54) is 10.6 Å². The second kappa shape index (κ2) is 12.5. The fourth-order valence-electron chi connectivity index (χ4n) is 4.01. The summed E-state index contributed by atoms with van der Waals surface area (Å²) in [5, 5.41) is 6.05. The first kappa shape index (κ1) is 29.2. The number of amides is 1. The number of benzene rings is 2. The molecular formula is C27H33ClN8O3. The summed E-state index contributed by atoms with van der Waals surface area (Å²) in [5.41, 5.74) is 4.06. The maximum absolute atomic E-state index is 12.7. The molecule has 0 unspecified atom stereocenters. The average Bonchev–Trinajstić information content (AvgIpc) is 3.22. The maximum atomic E-state index is 12.7. The second-order valence-electron chi connectivity index (χ2n) is 9.14. The van der Waals surface area contributed by atoms with Gasteiger partial charge in [-0.3, -0.25) is 4.79 Å². The molecule has 2 aromatic heterocycles. The van der Waals surface area contributed by atoms with Crippen LogP contribution in [0.4, 0.5) is 23.0 Å². The third-order valence-electron chi connectivity index (χ3n) is 6.01. The molecule has 0 spiro atoms. The number of halogens is 1. The number of H-pyrrole nitrogens is 1. The molecule has 4 aromatic rings. The van der Waals surface area contributed by atoms with Crippen molar-refractivity contribution in [3.63, 3.8) is 0 Å². The molecule has 0 aliphatic rings. The Hall–Kier alpha value is -4.35. The zero-order chi connectivity index (χ0) is 27.4. The van der Waals surface area contributed by atoms with Gasteiger partial charge >= 0.3 is 5.69 Å². The lowest BCUT2D eigenvalue weighted by molar-refractivity contribution is -0.111. The van der Waals surface area contributed by atoms with Crippen molar-refractivity contribution in [1.82, 2.24) is 24.4 Å². The Labute approximate surface area is 232 Å². The van der Waals surface area contributed by atoms with E-state index in [4.69, 9.17) is 4.74 Å². The van der Waals surface area contributed by atoms with E-state index in [2.05, 4.69) is 37.1 Å². The fraction of sp³-hybridized carbons (Fsp3) is 0.259. The number of aromatic amines is 1. The lowest BCUT2D eigenvalue weighted by Crippen LogP contribution is -2.29. The maximum Gasteiger partial charge on any atom is 0.332 e. The summed E-state index contributed by atoms with van der Waals surface area (Å²) in [6.07, 6.45) is 2.79. The number of anilines is 4. The molecular weight excluding hydrogens is 520 g/mol. The second-order valence-corrected chi connectivity index (χ2v) is 9.14. The van der Waals surface area contributed by atoms with E-state index in [-0.39, 0.29) is 30.0 Å². The highest BCUT2D eigenvalue weighted by molar-refractivity contribution is 6.02. The number of rotatable bonds is 10. The van der Waals surface area contributed by atoms with Gasteiger partial charge in [-0.05, 0) is 50.9 Å². The van der Waals surface area contributed by atoms with Gasteiger partial charge in [0.2, 0.25) is 11.9 Å². The molecule has 0 saturated heterocycles. The Kier molecular flexibility index (Phi) is 9.33. The van der Waals surface area contributed by atoms with Crippen LogP contribution in [-0.4, -0.2) is 71.7 Å². The van der Waals surface area contributed by atoms with Crippen LogP contribution in [0.15, 0.2) is 60.0 Å².